The largest absolute Gasteiger partial charge is 0.478 e. The molecule has 0 amide bonds. The number of carboxylic acids is 1. The second kappa shape index (κ2) is 7.39. The van der Waals surface area contributed by atoms with Gasteiger partial charge in [0.2, 0.25) is 0 Å². The Bertz CT molecular complexity index is 808. The molecule has 0 aliphatic rings. The molecule has 7 heteroatoms. The van der Waals surface area contributed by atoms with Crippen molar-refractivity contribution < 1.29 is 27.5 Å². The maximum Gasteiger partial charge on any atom is 0.399 e. The first kappa shape index (κ1) is 19.2. The topological polar surface area (TPSA) is 37.3 Å². The van der Waals surface area contributed by atoms with Gasteiger partial charge in [0.15, 0.2) is 0 Å². The number of carbonyl (C=O) groups is 1. The third-order valence-electron chi connectivity index (χ3n) is 3.48. The SMILES string of the molecule is Cc1cc(F)cc(C(/C=C/c2ccc(C(=O)O)c(Br)c2)C(F)(F)F)c1. The van der Waals surface area contributed by atoms with Crippen LogP contribution in [0.25, 0.3) is 6.08 Å². The molecule has 1 atom stereocenters. The van der Waals surface area contributed by atoms with Crippen molar-refractivity contribution in [2.24, 2.45) is 0 Å². The lowest BCUT2D eigenvalue weighted by atomic mass is 9.95. The molecule has 1 unspecified atom stereocenters. The number of aromatic carboxylic acids is 1. The summed E-state index contributed by atoms with van der Waals surface area (Å²) in [7, 11) is 0. The van der Waals surface area contributed by atoms with Crippen molar-refractivity contribution in [1.82, 2.24) is 0 Å². The predicted octanol–water partition coefficient (Wildman–Crippen LogP) is 5.95. The van der Waals surface area contributed by atoms with E-state index < -0.39 is 23.9 Å². The summed E-state index contributed by atoms with van der Waals surface area (Å²) >= 11 is 3.07. The third-order valence-corrected chi connectivity index (χ3v) is 4.14. The predicted molar refractivity (Wildman–Crippen MR) is 90.1 cm³/mol. The summed E-state index contributed by atoms with van der Waals surface area (Å²) < 4.78 is 53.8. The highest BCUT2D eigenvalue weighted by atomic mass is 79.9. The molecule has 2 aromatic rings. The van der Waals surface area contributed by atoms with Crippen molar-refractivity contribution in [2.45, 2.75) is 19.0 Å². The Morgan fingerprint density at radius 2 is 1.88 bits per heavy atom. The highest BCUT2D eigenvalue weighted by molar-refractivity contribution is 9.10. The monoisotopic (exact) mass is 416 g/mol. The maximum absolute atomic E-state index is 13.5. The van der Waals surface area contributed by atoms with Crippen molar-refractivity contribution in [2.75, 3.05) is 0 Å². The van der Waals surface area contributed by atoms with E-state index in [1.807, 2.05) is 0 Å². The molecule has 132 valence electrons. The lowest BCUT2D eigenvalue weighted by Gasteiger charge is -2.18. The number of halogens is 5. The van der Waals surface area contributed by atoms with Crippen LogP contribution in [0, 0.1) is 12.7 Å². The van der Waals surface area contributed by atoms with Gasteiger partial charge in [-0.1, -0.05) is 24.3 Å². The van der Waals surface area contributed by atoms with Gasteiger partial charge in [0.1, 0.15) is 5.82 Å². The Kier molecular flexibility index (Phi) is 5.67. The Morgan fingerprint density at radius 1 is 1.20 bits per heavy atom. The van der Waals surface area contributed by atoms with Gasteiger partial charge in [0, 0.05) is 4.47 Å². The van der Waals surface area contributed by atoms with Crippen molar-refractivity contribution in [3.05, 3.63) is 75.0 Å². The van der Waals surface area contributed by atoms with Crippen LogP contribution in [-0.4, -0.2) is 17.3 Å². The van der Waals surface area contributed by atoms with Crippen LogP contribution >= 0.6 is 15.9 Å². The Labute approximate surface area is 149 Å². The van der Waals surface area contributed by atoms with Gasteiger partial charge in [-0.15, -0.1) is 0 Å². The Hall–Kier alpha value is -2.15. The molecule has 0 bridgehead atoms. The van der Waals surface area contributed by atoms with E-state index in [4.69, 9.17) is 5.11 Å². The first-order valence-electron chi connectivity index (χ1n) is 7.13. The number of hydrogen-bond donors (Lipinski definition) is 1. The summed E-state index contributed by atoms with van der Waals surface area (Å²) in [6, 6.07) is 7.40. The van der Waals surface area contributed by atoms with Crippen molar-refractivity contribution in [3.8, 4) is 0 Å². The van der Waals surface area contributed by atoms with Gasteiger partial charge in [-0.3, -0.25) is 0 Å². The molecule has 0 aliphatic carbocycles. The first-order chi connectivity index (χ1) is 11.6. The number of allylic oxidation sites excluding steroid dienone is 1. The van der Waals surface area contributed by atoms with E-state index in [1.165, 1.54) is 37.3 Å². The molecular weight excluding hydrogens is 404 g/mol. The van der Waals surface area contributed by atoms with Crippen LogP contribution in [0.3, 0.4) is 0 Å². The second-order valence-corrected chi connectivity index (χ2v) is 6.34. The highest BCUT2D eigenvalue weighted by Crippen LogP contribution is 2.37. The van der Waals surface area contributed by atoms with Gasteiger partial charge in [0.05, 0.1) is 11.5 Å². The van der Waals surface area contributed by atoms with Gasteiger partial charge < -0.3 is 5.11 Å². The number of benzene rings is 2. The van der Waals surface area contributed by atoms with E-state index in [0.717, 1.165) is 18.2 Å². The number of rotatable bonds is 4. The molecule has 0 heterocycles. The minimum Gasteiger partial charge on any atom is -0.478 e. The van der Waals surface area contributed by atoms with E-state index in [1.54, 1.807) is 0 Å². The zero-order chi connectivity index (χ0) is 18.8. The van der Waals surface area contributed by atoms with Crippen LogP contribution in [0.15, 0.2) is 46.9 Å². The summed E-state index contributed by atoms with van der Waals surface area (Å²) in [5.41, 5.74) is 0.596. The molecule has 25 heavy (non-hydrogen) atoms. The van der Waals surface area contributed by atoms with Crippen molar-refractivity contribution in [1.29, 1.82) is 0 Å². The molecule has 0 aromatic heterocycles. The lowest BCUT2D eigenvalue weighted by Crippen LogP contribution is -2.19. The number of carboxylic acid groups (broad SMARTS) is 1. The van der Waals surface area contributed by atoms with E-state index >= 15 is 0 Å². The zero-order valence-corrected chi connectivity index (χ0v) is 14.5. The van der Waals surface area contributed by atoms with E-state index in [2.05, 4.69) is 15.9 Å². The average molecular weight is 417 g/mol. The summed E-state index contributed by atoms with van der Waals surface area (Å²) in [5.74, 6) is -3.85. The minimum atomic E-state index is -4.59. The fourth-order valence-electron chi connectivity index (χ4n) is 2.37. The third kappa shape index (κ3) is 4.92. The summed E-state index contributed by atoms with van der Waals surface area (Å²) in [6.07, 6.45) is -2.43. The molecule has 0 saturated carbocycles. The molecule has 0 spiro atoms. The fourth-order valence-corrected chi connectivity index (χ4v) is 2.94. The quantitative estimate of drug-likeness (QED) is 0.624. The lowest BCUT2D eigenvalue weighted by molar-refractivity contribution is -0.139. The summed E-state index contributed by atoms with van der Waals surface area (Å²) in [6.45, 7) is 1.52. The van der Waals surface area contributed by atoms with Crippen LogP contribution in [0.5, 0.6) is 0 Å². The van der Waals surface area contributed by atoms with Gasteiger partial charge in [0.25, 0.3) is 0 Å². The highest BCUT2D eigenvalue weighted by Gasteiger charge is 2.39. The number of alkyl halides is 3. The van der Waals surface area contributed by atoms with Crippen LogP contribution in [0.4, 0.5) is 17.6 Å². The average Bonchev–Trinajstić information content (AvgIpc) is 2.44. The van der Waals surface area contributed by atoms with Crippen molar-refractivity contribution in [3.63, 3.8) is 0 Å². The minimum absolute atomic E-state index is 0.00489. The van der Waals surface area contributed by atoms with Gasteiger partial charge in [-0.25, -0.2) is 9.18 Å². The first-order valence-corrected chi connectivity index (χ1v) is 7.92. The van der Waals surface area contributed by atoms with Gasteiger partial charge in [-0.2, -0.15) is 13.2 Å². The van der Waals surface area contributed by atoms with E-state index in [9.17, 15) is 22.4 Å². The molecule has 1 N–H and O–H groups in total. The molecule has 2 nitrogen and oxygen atoms in total. The number of hydrogen-bond acceptors (Lipinski definition) is 1. The van der Waals surface area contributed by atoms with Crippen molar-refractivity contribution >= 4 is 28.0 Å². The van der Waals surface area contributed by atoms with E-state index in [-0.39, 0.29) is 15.6 Å². The molecule has 0 aliphatic heterocycles. The summed E-state index contributed by atoms with van der Waals surface area (Å²) in [5, 5.41) is 8.95. The van der Waals surface area contributed by atoms with E-state index in [0.29, 0.717) is 11.1 Å². The van der Waals surface area contributed by atoms with Crippen LogP contribution in [0.2, 0.25) is 0 Å². The molecule has 0 saturated heterocycles. The van der Waals surface area contributed by atoms with Gasteiger partial charge in [-0.05, 0) is 63.8 Å². The van der Waals surface area contributed by atoms with Crippen LogP contribution < -0.4 is 0 Å². The normalized spacial score (nSPS) is 13.2. The Morgan fingerprint density at radius 3 is 2.40 bits per heavy atom. The van der Waals surface area contributed by atoms with Gasteiger partial charge >= 0.3 is 12.1 Å². The molecule has 0 fully saturated rings. The summed E-state index contributed by atoms with van der Waals surface area (Å²) in [4.78, 5) is 10.9. The molecule has 2 rings (SSSR count). The smallest absolute Gasteiger partial charge is 0.399 e. The molecule has 2 aromatic carbocycles. The molecular formula is C18H13BrF4O2. The second-order valence-electron chi connectivity index (χ2n) is 5.48. The van der Waals surface area contributed by atoms with Crippen LogP contribution in [-0.2, 0) is 0 Å². The maximum atomic E-state index is 13.5. The van der Waals surface area contributed by atoms with Crippen LogP contribution in [0.1, 0.15) is 33.0 Å². The molecule has 0 radical (unpaired) electrons. The number of aryl methyl sites for hydroxylation is 1. The fraction of sp³-hybridized carbons (Fsp3) is 0.167. The standard InChI is InChI=1S/C18H13BrF4O2/c1-10-6-12(9-13(20)7-10)15(18(21,22)23)5-3-11-2-4-14(17(24)25)16(19)8-11/h2-9,15H,1H3,(H,24,25)/b5-3+. The Balaban J connectivity index is 2.39. The zero-order valence-electron chi connectivity index (χ0n) is 12.9.